The van der Waals surface area contributed by atoms with Crippen molar-refractivity contribution in [3.05, 3.63) is 112 Å². The van der Waals surface area contributed by atoms with Gasteiger partial charge in [-0.1, -0.05) is 36.4 Å². The Morgan fingerprint density at radius 3 is 2.05 bits per heavy atom. The number of phenolic OH excluding ortho intramolecular Hbond substituents is 1. The highest BCUT2D eigenvalue weighted by atomic mass is 16.5. The summed E-state index contributed by atoms with van der Waals surface area (Å²) in [7, 11) is 3.81. The topological polar surface area (TPSA) is 85.9 Å². The van der Waals surface area contributed by atoms with Crippen molar-refractivity contribution in [2.75, 3.05) is 37.8 Å². The number of hydrogen-bond donors (Lipinski definition) is 4. The Morgan fingerprint density at radius 1 is 0.825 bits per heavy atom. The maximum atomic E-state index is 14.2. The molecule has 4 aromatic rings. The van der Waals surface area contributed by atoms with Crippen molar-refractivity contribution in [1.29, 1.82) is 0 Å². The standard InChI is InChI=1S/C33H34N4O3/c1-20-15-25-30(17-27(20)34-3)40-31-18-28(35-4)21(2)16-26(31)33(25)24-11-7-6-10-23(24)32(39)37(33)14-13-36-19-22-9-5-8-12-29(22)38/h5-12,15-18,34-36,38H,13-14,19H2,1-4H3. The number of hydrogen-bond acceptors (Lipinski definition) is 6. The van der Waals surface area contributed by atoms with E-state index in [0.29, 0.717) is 25.2 Å². The van der Waals surface area contributed by atoms with Gasteiger partial charge < -0.3 is 30.7 Å². The highest BCUT2D eigenvalue weighted by molar-refractivity contribution is 6.02. The number of aromatic hydroxyl groups is 1. The van der Waals surface area contributed by atoms with Crippen LogP contribution in [0.1, 0.15) is 43.7 Å². The van der Waals surface area contributed by atoms with Crippen molar-refractivity contribution in [3.63, 3.8) is 0 Å². The molecular weight excluding hydrogens is 500 g/mol. The van der Waals surface area contributed by atoms with Crippen molar-refractivity contribution in [1.82, 2.24) is 10.2 Å². The molecule has 0 atom stereocenters. The first-order valence-electron chi connectivity index (χ1n) is 13.6. The van der Waals surface area contributed by atoms with Gasteiger partial charge in [-0.15, -0.1) is 0 Å². The lowest BCUT2D eigenvalue weighted by molar-refractivity contribution is 0.0667. The Labute approximate surface area is 234 Å². The molecule has 0 aromatic heterocycles. The van der Waals surface area contributed by atoms with Crippen molar-refractivity contribution in [2.45, 2.75) is 25.9 Å². The number of phenols is 1. The number of carbonyl (C=O) groups is 1. The molecule has 0 fully saturated rings. The van der Waals surface area contributed by atoms with Gasteiger partial charge >= 0.3 is 0 Å². The van der Waals surface area contributed by atoms with E-state index in [0.717, 1.165) is 56.3 Å². The maximum Gasteiger partial charge on any atom is 0.255 e. The van der Waals surface area contributed by atoms with E-state index >= 15 is 0 Å². The van der Waals surface area contributed by atoms with Gasteiger partial charge in [-0.2, -0.15) is 0 Å². The summed E-state index contributed by atoms with van der Waals surface area (Å²) in [5, 5.41) is 20.2. The number of aryl methyl sites for hydroxylation is 2. The number of carbonyl (C=O) groups excluding carboxylic acids is 1. The minimum absolute atomic E-state index is 0.00977. The summed E-state index contributed by atoms with van der Waals surface area (Å²) in [6, 6.07) is 23.6. The van der Waals surface area contributed by atoms with E-state index in [9.17, 15) is 9.90 Å². The second-order valence-electron chi connectivity index (χ2n) is 10.4. The number of para-hydroxylation sites is 1. The van der Waals surface area contributed by atoms with Crippen LogP contribution in [-0.4, -0.2) is 43.1 Å². The first-order valence-corrected chi connectivity index (χ1v) is 13.6. The average molecular weight is 535 g/mol. The second-order valence-corrected chi connectivity index (χ2v) is 10.4. The zero-order valence-corrected chi connectivity index (χ0v) is 23.3. The number of fused-ring (bicyclic) bond motifs is 6. The summed E-state index contributed by atoms with van der Waals surface area (Å²) >= 11 is 0. The Balaban J connectivity index is 1.52. The lowest BCUT2D eigenvalue weighted by Gasteiger charge is -2.45. The van der Waals surface area contributed by atoms with Gasteiger partial charge in [0.05, 0.1) is 0 Å². The number of nitrogens with one attached hydrogen (secondary N) is 3. The van der Waals surface area contributed by atoms with Gasteiger partial charge in [0.25, 0.3) is 5.91 Å². The second kappa shape index (κ2) is 9.92. The highest BCUT2D eigenvalue weighted by Gasteiger charge is 2.56. The first kappa shape index (κ1) is 25.8. The van der Waals surface area contributed by atoms with Crippen LogP contribution in [0.3, 0.4) is 0 Å². The molecule has 1 spiro atoms. The molecule has 0 radical (unpaired) electrons. The Kier molecular flexibility index (Phi) is 6.39. The third-order valence-corrected chi connectivity index (χ3v) is 8.21. The lowest BCUT2D eigenvalue weighted by atomic mass is 9.73. The van der Waals surface area contributed by atoms with Gasteiger partial charge in [0, 0.05) is 79.5 Å². The normalized spacial score (nSPS) is 14.4. The van der Waals surface area contributed by atoms with Gasteiger partial charge in [-0.3, -0.25) is 4.79 Å². The predicted octanol–water partition coefficient (Wildman–Crippen LogP) is 5.74. The SMILES string of the molecule is CNc1cc2c(cc1C)C1(c3cc(C)c(NC)cc3O2)c2ccccc2C(=O)N1CCNCc1ccccc1O. The fourth-order valence-electron chi connectivity index (χ4n) is 6.27. The van der Waals surface area contributed by atoms with Crippen LogP contribution >= 0.6 is 0 Å². The number of ether oxygens (including phenoxy) is 1. The number of benzene rings is 4. The summed E-state index contributed by atoms with van der Waals surface area (Å²) in [5.74, 6) is 1.70. The van der Waals surface area contributed by atoms with Crippen molar-refractivity contribution in [3.8, 4) is 17.2 Å². The molecule has 0 saturated heterocycles. The molecule has 204 valence electrons. The summed E-state index contributed by atoms with van der Waals surface area (Å²) in [5.41, 5.74) is 7.63. The van der Waals surface area contributed by atoms with Crippen LogP contribution in [-0.2, 0) is 12.1 Å². The van der Waals surface area contributed by atoms with E-state index < -0.39 is 5.54 Å². The molecule has 0 saturated carbocycles. The number of nitrogens with zero attached hydrogens (tertiary/aromatic N) is 1. The van der Waals surface area contributed by atoms with Crippen molar-refractivity contribution >= 4 is 17.3 Å². The monoisotopic (exact) mass is 534 g/mol. The third-order valence-electron chi connectivity index (χ3n) is 8.21. The molecule has 2 aliphatic heterocycles. The Bertz CT molecular complexity index is 1570. The van der Waals surface area contributed by atoms with E-state index in [-0.39, 0.29) is 11.7 Å². The molecule has 0 unspecified atom stereocenters. The molecule has 0 aliphatic carbocycles. The third kappa shape index (κ3) is 3.80. The van der Waals surface area contributed by atoms with E-state index in [1.165, 1.54) is 0 Å². The van der Waals surface area contributed by atoms with Crippen LogP contribution in [0.2, 0.25) is 0 Å². The molecule has 40 heavy (non-hydrogen) atoms. The predicted molar refractivity (Wildman–Crippen MR) is 159 cm³/mol. The minimum atomic E-state index is -0.860. The molecule has 7 heteroatoms. The van der Waals surface area contributed by atoms with E-state index in [4.69, 9.17) is 4.74 Å². The zero-order valence-electron chi connectivity index (χ0n) is 23.3. The Hall–Kier alpha value is -4.49. The van der Waals surface area contributed by atoms with E-state index in [1.807, 2.05) is 67.5 Å². The number of rotatable bonds is 7. The number of anilines is 2. The van der Waals surface area contributed by atoms with Crippen molar-refractivity contribution < 1.29 is 14.6 Å². The summed E-state index contributed by atoms with van der Waals surface area (Å²) < 4.78 is 6.59. The molecular formula is C33H34N4O3. The van der Waals surface area contributed by atoms with Gasteiger partial charge in [-0.05, 0) is 54.8 Å². The fraction of sp³-hybridized carbons (Fsp3) is 0.242. The molecule has 4 N–H and O–H groups in total. The van der Waals surface area contributed by atoms with Gasteiger partial charge in [-0.25, -0.2) is 0 Å². The molecule has 1 amide bonds. The van der Waals surface area contributed by atoms with E-state index in [2.05, 4.69) is 48.0 Å². The first-order chi connectivity index (χ1) is 19.4. The number of amides is 1. The highest BCUT2D eigenvalue weighted by Crippen LogP contribution is 2.58. The zero-order chi connectivity index (χ0) is 28.0. The van der Waals surface area contributed by atoms with Gasteiger partial charge in [0.1, 0.15) is 22.8 Å². The van der Waals surface area contributed by atoms with Crippen molar-refractivity contribution in [2.24, 2.45) is 0 Å². The quantitative estimate of drug-likeness (QED) is 0.227. The molecule has 4 aromatic carbocycles. The molecule has 0 bridgehead atoms. The van der Waals surface area contributed by atoms with Gasteiger partial charge in [0.2, 0.25) is 0 Å². The minimum Gasteiger partial charge on any atom is -0.508 e. The molecule has 6 rings (SSSR count). The van der Waals surface area contributed by atoms with Crippen LogP contribution in [0.15, 0.2) is 72.8 Å². The van der Waals surface area contributed by atoms with Crippen LogP contribution in [0.25, 0.3) is 0 Å². The van der Waals surface area contributed by atoms with Crippen LogP contribution < -0.4 is 20.7 Å². The largest absolute Gasteiger partial charge is 0.508 e. The Morgan fingerprint density at radius 2 is 1.43 bits per heavy atom. The van der Waals surface area contributed by atoms with Crippen LogP contribution in [0.5, 0.6) is 17.2 Å². The van der Waals surface area contributed by atoms with Crippen LogP contribution in [0.4, 0.5) is 11.4 Å². The summed E-state index contributed by atoms with van der Waals surface area (Å²) in [6.45, 7) is 5.65. The fourth-order valence-corrected chi connectivity index (χ4v) is 6.27. The maximum absolute atomic E-state index is 14.2. The molecule has 2 heterocycles. The summed E-state index contributed by atoms with van der Waals surface area (Å²) in [6.07, 6.45) is 0. The summed E-state index contributed by atoms with van der Waals surface area (Å²) in [4.78, 5) is 16.2. The molecule has 7 nitrogen and oxygen atoms in total. The molecule has 2 aliphatic rings. The van der Waals surface area contributed by atoms with Crippen LogP contribution in [0, 0.1) is 13.8 Å². The average Bonchev–Trinajstić information content (AvgIpc) is 3.20. The smallest absolute Gasteiger partial charge is 0.255 e. The van der Waals surface area contributed by atoms with E-state index in [1.54, 1.807) is 6.07 Å². The van der Waals surface area contributed by atoms with Gasteiger partial charge in [0.15, 0.2) is 0 Å². The lowest BCUT2D eigenvalue weighted by Crippen LogP contribution is -2.49.